The molecule has 3 rings (SSSR count). The van der Waals surface area contributed by atoms with Crippen LogP contribution < -0.4 is 0 Å². The zero-order valence-corrected chi connectivity index (χ0v) is 22.9. The standard InChI is InChI=1S/2C10H16O2.C9H14O2.3CH4/c1-6(2)10-8(11)4-7(3)5-9(10)12;1-6(2)9-8(11)5-4-7(3)10(9)12;1-6(2)9-7(10)4-3-5-8(9)11;;;/h6-7,11H,4-5H2,1-3H3;6-7,12H,4-5H2,1-3H3;6,10H,3-5H2,1-2H3;3*1H4. The van der Waals surface area contributed by atoms with Gasteiger partial charge in [-0.05, 0) is 36.5 Å². The van der Waals surface area contributed by atoms with Crippen LogP contribution >= 0.6 is 0 Å². The Balaban J connectivity index is -0.000000466. The second-order valence-corrected chi connectivity index (χ2v) is 11.1. The van der Waals surface area contributed by atoms with Gasteiger partial charge in [0, 0.05) is 54.7 Å². The molecule has 0 fully saturated rings. The van der Waals surface area contributed by atoms with Gasteiger partial charge in [0.15, 0.2) is 17.3 Å². The number of hydrogen-bond acceptors (Lipinski definition) is 6. The summed E-state index contributed by atoms with van der Waals surface area (Å²) in [5.41, 5.74) is 1.94. The lowest BCUT2D eigenvalue weighted by molar-refractivity contribution is -0.118. The molecule has 3 aliphatic carbocycles. The van der Waals surface area contributed by atoms with Crippen molar-refractivity contribution < 1.29 is 29.7 Å². The maximum Gasteiger partial charge on any atom is 0.162 e. The van der Waals surface area contributed by atoms with Crippen LogP contribution in [0.25, 0.3) is 0 Å². The number of ketones is 3. The first kappa shape index (κ1) is 40.1. The van der Waals surface area contributed by atoms with E-state index >= 15 is 0 Å². The number of hydrogen-bond donors (Lipinski definition) is 3. The first-order chi connectivity index (χ1) is 16.2. The molecule has 222 valence electrons. The molecule has 3 N–H and O–H groups in total. The van der Waals surface area contributed by atoms with Crippen LogP contribution in [0.2, 0.25) is 0 Å². The second-order valence-electron chi connectivity index (χ2n) is 11.1. The van der Waals surface area contributed by atoms with Crippen molar-refractivity contribution in [1.82, 2.24) is 0 Å². The number of aliphatic hydroxyl groups excluding tert-OH is 3. The summed E-state index contributed by atoms with van der Waals surface area (Å²) >= 11 is 0. The van der Waals surface area contributed by atoms with Crippen molar-refractivity contribution in [1.29, 1.82) is 0 Å². The molecular formula is C32H58O6. The summed E-state index contributed by atoms with van der Waals surface area (Å²) in [7, 11) is 0. The molecule has 38 heavy (non-hydrogen) atoms. The molecule has 0 aromatic carbocycles. The summed E-state index contributed by atoms with van der Waals surface area (Å²) in [6.45, 7) is 15.6. The van der Waals surface area contributed by atoms with Gasteiger partial charge in [0.2, 0.25) is 0 Å². The van der Waals surface area contributed by atoms with E-state index in [1.54, 1.807) is 0 Å². The van der Waals surface area contributed by atoms with Gasteiger partial charge in [-0.2, -0.15) is 0 Å². The summed E-state index contributed by atoms with van der Waals surface area (Å²) in [4.78, 5) is 34.0. The van der Waals surface area contributed by atoms with Crippen molar-refractivity contribution in [2.75, 3.05) is 0 Å². The van der Waals surface area contributed by atoms with Gasteiger partial charge in [0.1, 0.15) is 5.76 Å². The van der Waals surface area contributed by atoms with Gasteiger partial charge in [0.05, 0.1) is 11.5 Å². The molecule has 0 spiro atoms. The Kier molecular flexibility index (Phi) is 19.0. The predicted octanol–water partition coefficient (Wildman–Crippen LogP) is 9.02. The molecule has 0 aliphatic heterocycles. The third kappa shape index (κ3) is 11.2. The smallest absolute Gasteiger partial charge is 0.162 e. The Morgan fingerprint density at radius 1 is 0.605 bits per heavy atom. The first-order valence-electron chi connectivity index (χ1n) is 13.0. The minimum atomic E-state index is 0. The van der Waals surface area contributed by atoms with Gasteiger partial charge >= 0.3 is 0 Å². The Bertz CT molecular complexity index is 886. The van der Waals surface area contributed by atoms with E-state index in [0.717, 1.165) is 12.8 Å². The normalized spacial score (nSPS) is 21.7. The fourth-order valence-corrected chi connectivity index (χ4v) is 4.90. The van der Waals surface area contributed by atoms with E-state index in [-0.39, 0.29) is 63.3 Å². The minimum absolute atomic E-state index is 0. The number of Topliss-reactive ketones (excluding diaryl/α,β-unsaturated/α-hetero) is 3. The van der Waals surface area contributed by atoms with Crippen molar-refractivity contribution in [2.45, 2.75) is 123 Å². The topological polar surface area (TPSA) is 112 Å². The molecule has 0 bridgehead atoms. The maximum atomic E-state index is 11.4. The van der Waals surface area contributed by atoms with Crippen LogP contribution in [0.5, 0.6) is 0 Å². The van der Waals surface area contributed by atoms with E-state index in [1.165, 1.54) is 0 Å². The Hall–Kier alpha value is -2.37. The van der Waals surface area contributed by atoms with Crippen molar-refractivity contribution in [3.8, 4) is 0 Å². The largest absolute Gasteiger partial charge is 0.512 e. The summed E-state index contributed by atoms with van der Waals surface area (Å²) in [6.07, 6.45) is 4.74. The van der Waals surface area contributed by atoms with E-state index in [0.29, 0.717) is 72.0 Å². The fourth-order valence-electron chi connectivity index (χ4n) is 4.90. The highest BCUT2D eigenvalue weighted by Gasteiger charge is 2.27. The van der Waals surface area contributed by atoms with Crippen LogP contribution in [0, 0.1) is 29.6 Å². The van der Waals surface area contributed by atoms with Crippen LogP contribution in [0.15, 0.2) is 34.0 Å². The minimum Gasteiger partial charge on any atom is -0.512 e. The lowest BCUT2D eigenvalue weighted by Gasteiger charge is -2.22. The molecule has 0 saturated carbocycles. The van der Waals surface area contributed by atoms with E-state index in [9.17, 15) is 29.7 Å². The molecule has 0 heterocycles. The average Bonchev–Trinajstić information content (AvgIpc) is 2.70. The highest BCUT2D eigenvalue weighted by molar-refractivity contribution is 5.98. The summed E-state index contributed by atoms with van der Waals surface area (Å²) in [5.74, 6) is 2.28. The molecule has 0 saturated heterocycles. The SMILES string of the molecule is C.C.C.CC(C)C1=C(O)C(C)CCC1=O.CC(C)C1=C(O)CCCC1=O.CC1CC(=O)C(C(C)C)=C(O)C1. The summed E-state index contributed by atoms with van der Waals surface area (Å²) < 4.78 is 0. The molecule has 2 unspecified atom stereocenters. The van der Waals surface area contributed by atoms with Crippen LogP contribution in [0.3, 0.4) is 0 Å². The van der Waals surface area contributed by atoms with Gasteiger partial charge < -0.3 is 15.3 Å². The third-order valence-electron chi connectivity index (χ3n) is 6.70. The Morgan fingerprint density at radius 3 is 1.42 bits per heavy atom. The first-order valence-corrected chi connectivity index (χ1v) is 13.0. The van der Waals surface area contributed by atoms with Crippen molar-refractivity contribution in [3.05, 3.63) is 34.0 Å². The van der Waals surface area contributed by atoms with Gasteiger partial charge in [0.25, 0.3) is 0 Å². The Morgan fingerprint density at radius 2 is 1.05 bits per heavy atom. The number of rotatable bonds is 3. The molecule has 0 aromatic rings. The fraction of sp³-hybridized carbons (Fsp3) is 0.719. The molecule has 6 heteroatoms. The summed E-state index contributed by atoms with van der Waals surface area (Å²) in [5, 5.41) is 28.5. The van der Waals surface area contributed by atoms with Gasteiger partial charge in [-0.1, -0.05) is 77.7 Å². The number of allylic oxidation sites excluding steroid dienone is 6. The molecule has 3 aliphatic rings. The van der Waals surface area contributed by atoms with Crippen molar-refractivity contribution >= 4 is 17.3 Å². The van der Waals surface area contributed by atoms with E-state index in [4.69, 9.17) is 0 Å². The molecule has 0 amide bonds. The van der Waals surface area contributed by atoms with Gasteiger partial charge in [-0.15, -0.1) is 0 Å². The monoisotopic (exact) mass is 538 g/mol. The number of carbonyl (C=O) groups is 3. The lowest BCUT2D eigenvalue weighted by atomic mass is 9.84. The second kappa shape index (κ2) is 18.0. The van der Waals surface area contributed by atoms with Gasteiger partial charge in [-0.3, -0.25) is 14.4 Å². The highest BCUT2D eigenvalue weighted by Crippen LogP contribution is 2.30. The molecule has 0 aromatic heterocycles. The average molecular weight is 539 g/mol. The number of aliphatic hydroxyl groups is 3. The van der Waals surface area contributed by atoms with E-state index < -0.39 is 0 Å². The quantitative estimate of drug-likeness (QED) is 0.330. The van der Waals surface area contributed by atoms with Crippen molar-refractivity contribution in [2.24, 2.45) is 29.6 Å². The van der Waals surface area contributed by atoms with E-state index in [2.05, 4.69) is 0 Å². The van der Waals surface area contributed by atoms with Crippen LogP contribution in [-0.2, 0) is 14.4 Å². The molecule has 6 nitrogen and oxygen atoms in total. The van der Waals surface area contributed by atoms with Crippen LogP contribution in [0.4, 0.5) is 0 Å². The van der Waals surface area contributed by atoms with Crippen LogP contribution in [0.1, 0.15) is 123 Å². The van der Waals surface area contributed by atoms with Crippen molar-refractivity contribution in [3.63, 3.8) is 0 Å². The zero-order valence-electron chi connectivity index (χ0n) is 22.9. The molecular weight excluding hydrogens is 480 g/mol. The number of carbonyl (C=O) groups excluding carboxylic acids is 3. The van der Waals surface area contributed by atoms with Gasteiger partial charge in [-0.25, -0.2) is 0 Å². The molecule has 2 atom stereocenters. The highest BCUT2D eigenvalue weighted by atomic mass is 16.3. The Labute approximate surface area is 233 Å². The zero-order chi connectivity index (χ0) is 27.0. The molecule has 0 radical (unpaired) electrons. The predicted molar refractivity (Wildman–Crippen MR) is 159 cm³/mol. The lowest BCUT2D eigenvalue weighted by Crippen LogP contribution is -2.20. The maximum absolute atomic E-state index is 11.4. The summed E-state index contributed by atoms with van der Waals surface area (Å²) in [6, 6.07) is 0. The third-order valence-corrected chi connectivity index (χ3v) is 6.70. The van der Waals surface area contributed by atoms with E-state index in [1.807, 2.05) is 55.4 Å². The van der Waals surface area contributed by atoms with Crippen LogP contribution in [-0.4, -0.2) is 32.7 Å².